The van der Waals surface area contributed by atoms with Crippen molar-refractivity contribution in [2.45, 2.75) is 18.9 Å². The third-order valence-electron chi connectivity index (χ3n) is 5.11. The van der Waals surface area contributed by atoms with E-state index in [9.17, 15) is 0 Å². The van der Waals surface area contributed by atoms with Gasteiger partial charge in [0, 0.05) is 44.3 Å². The fourth-order valence-corrected chi connectivity index (χ4v) is 3.64. The second-order valence-electron chi connectivity index (χ2n) is 7.04. The Bertz CT molecular complexity index is 816. The molecule has 2 aliphatic heterocycles. The highest BCUT2D eigenvalue weighted by atomic mass is 127. The number of hydrogen-bond acceptors (Lipinski definition) is 4. The van der Waals surface area contributed by atoms with Crippen LogP contribution in [-0.4, -0.2) is 39.4 Å². The second-order valence-corrected chi connectivity index (χ2v) is 7.04. The van der Waals surface area contributed by atoms with Gasteiger partial charge in [-0.05, 0) is 24.1 Å². The summed E-state index contributed by atoms with van der Waals surface area (Å²) in [6.45, 7) is 2.95. The minimum Gasteiger partial charge on any atom is -0.490 e. The molecule has 29 heavy (non-hydrogen) atoms. The molecular weight excluding hydrogens is 481 g/mol. The van der Waals surface area contributed by atoms with Gasteiger partial charge in [-0.15, -0.1) is 24.0 Å². The standard InChI is InChI=1S/C22H27N3O3.HI/c1-23-22(25-18-8-9-19-20(14-18)27-12-5-11-26-19)24-15-17-10-13-28-21(17)16-6-3-2-4-7-16;/h2-4,6-9,14,17,21H,5,10-13,15H2,1H3,(H2,23,24,25);1H. The summed E-state index contributed by atoms with van der Waals surface area (Å²) in [7, 11) is 1.78. The number of hydrogen-bond donors (Lipinski definition) is 2. The van der Waals surface area contributed by atoms with Crippen LogP contribution in [0.1, 0.15) is 24.5 Å². The number of aliphatic imine (C=N–C) groups is 1. The average molecular weight is 509 g/mol. The Morgan fingerprint density at radius 1 is 1.03 bits per heavy atom. The van der Waals surface area contributed by atoms with Crippen LogP contribution in [0.2, 0.25) is 0 Å². The number of nitrogens with one attached hydrogen (secondary N) is 2. The van der Waals surface area contributed by atoms with Crippen LogP contribution >= 0.6 is 24.0 Å². The summed E-state index contributed by atoms with van der Waals surface area (Å²) in [5, 5.41) is 6.78. The van der Waals surface area contributed by atoms with E-state index in [1.807, 2.05) is 24.3 Å². The third kappa shape index (κ3) is 5.54. The number of anilines is 1. The van der Waals surface area contributed by atoms with Gasteiger partial charge in [-0.1, -0.05) is 30.3 Å². The number of rotatable bonds is 4. The minimum atomic E-state index is 0. The second kappa shape index (κ2) is 10.7. The zero-order valence-electron chi connectivity index (χ0n) is 16.6. The molecule has 2 atom stereocenters. The van der Waals surface area contributed by atoms with Crippen molar-refractivity contribution in [1.82, 2.24) is 5.32 Å². The lowest BCUT2D eigenvalue weighted by Gasteiger charge is -2.21. The molecule has 2 N–H and O–H groups in total. The smallest absolute Gasteiger partial charge is 0.195 e. The van der Waals surface area contributed by atoms with Crippen molar-refractivity contribution in [2.75, 3.05) is 38.7 Å². The van der Waals surface area contributed by atoms with Crippen molar-refractivity contribution in [3.63, 3.8) is 0 Å². The van der Waals surface area contributed by atoms with Crippen molar-refractivity contribution >= 4 is 35.6 Å². The Kier molecular flexibility index (Phi) is 8.00. The Morgan fingerprint density at radius 2 is 1.83 bits per heavy atom. The molecule has 7 heteroatoms. The molecular formula is C22H28IN3O3. The molecule has 2 aromatic carbocycles. The van der Waals surface area contributed by atoms with Crippen LogP contribution in [0, 0.1) is 5.92 Å². The van der Waals surface area contributed by atoms with Gasteiger partial charge in [-0.2, -0.15) is 0 Å². The molecule has 1 fully saturated rings. The molecule has 0 amide bonds. The lowest BCUT2D eigenvalue weighted by atomic mass is 9.95. The monoisotopic (exact) mass is 509 g/mol. The molecule has 0 radical (unpaired) electrons. The number of benzene rings is 2. The summed E-state index contributed by atoms with van der Waals surface area (Å²) in [6, 6.07) is 16.3. The predicted octanol–water partition coefficient (Wildman–Crippen LogP) is 4.23. The summed E-state index contributed by atoms with van der Waals surface area (Å²) < 4.78 is 17.4. The quantitative estimate of drug-likeness (QED) is 0.367. The molecule has 156 valence electrons. The normalized spacial score (nSPS) is 21.1. The first-order chi connectivity index (χ1) is 13.8. The number of nitrogens with zero attached hydrogens (tertiary/aromatic N) is 1. The Labute approximate surface area is 189 Å². The molecule has 1 saturated heterocycles. The zero-order chi connectivity index (χ0) is 19.2. The summed E-state index contributed by atoms with van der Waals surface area (Å²) in [5.41, 5.74) is 2.15. The van der Waals surface area contributed by atoms with E-state index in [2.05, 4.69) is 39.9 Å². The molecule has 0 spiro atoms. The third-order valence-corrected chi connectivity index (χ3v) is 5.11. The first kappa shape index (κ1) is 21.7. The average Bonchev–Trinajstić information content (AvgIpc) is 3.09. The van der Waals surface area contributed by atoms with E-state index in [1.54, 1.807) is 7.05 Å². The first-order valence-electron chi connectivity index (χ1n) is 9.87. The first-order valence-corrected chi connectivity index (χ1v) is 9.87. The molecule has 2 aliphatic rings. The van der Waals surface area contributed by atoms with E-state index < -0.39 is 0 Å². The van der Waals surface area contributed by atoms with E-state index in [4.69, 9.17) is 14.2 Å². The maximum Gasteiger partial charge on any atom is 0.195 e. The largest absolute Gasteiger partial charge is 0.490 e. The number of guanidine groups is 1. The van der Waals surface area contributed by atoms with Crippen molar-refractivity contribution in [3.8, 4) is 11.5 Å². The van der Waals surface area contributed by atoms with Gasteiger partial charge < -0.3 is 24.8 Å². The predicted molar refractivity (Wildman–Crippen MR) is 126 cm³/mol. The maximum absolute atomic E-state index is 5.98. The van der Waals surface area contributed by atoms with Crippen LogP contribution in [0.3, 0.4) is 0 Å². The highest BCUT2D eigenvalue weighted by Gasteiger charge is 2.29. The van der Waals surface area contributed by atoms with Gasteiger partial charge in [-0.3, -0.25) is 4.99 Å². The van der Waals surface area contributed by atoms with Crippen LogP contribution in [-0.2, 0) is 4.74 Å². The molecule has 2 aromatic rings. The van der Waals surface area contributed by atoms with Gasteiger partial charge >= 0.3 is 0 Å². The zero-order valence-corrected chi connectivity index (χ0v) is 18.9. The summed E-state index contributed by atoms with van der Waals surface area (Å²) >= 11 is 0. The Balaban J connectivity index is 0.00000240. The van der Waals surface area contributed by atoms with E-state index in [0.29, 0.717) is 19.1 Å². The maximum atomic E-state index is 5.98. The van der Waals surface area contributed by atoms with Gasteiger partial charge in [0.25, 0.3) is 0 Å². The van der Waals surface area contributed by atoms with Gasteiger partial charge in [0.1, 0.15) is 0 Å². The van der Waals surface area contributed by atoms with Gasteiger partial charge in [0.15, 0.2) is 17.5 Å². The molecule has 2 unspecified atom stereocenters. The van der Waals surface area contributed by atoms with Crippen molar-refractivity contribution in [1.29, 1.82) is 0 Å². The summed E-state index contributed by atoms with van der Waals surface area (Å²) in [4.78, 5) is 4.35. The minimum absolute atomic E-state index is 0. The highest BCUT2D eigenvalue weighted by molar-refractivity contribution is 14.0. The molecule has 0 bridgehead atoms. The van der Waals surface area contributed by atoms with Crippen LogP contribution in [0.4, 0.5) is 5.69 Å². The van der Waals surface area contributed by atoms with Gasteiger partial charge in [-0.25, -0.2) is 0 Å². The summed E-state index contributed by atoms with van der Waals surface area (Å²) in [6.07, 6.45) is 2.06. The molecule has 2 heterocycles. The Hall–Kier alpha value is -2.00. The van der Waals surface area contributed by atoms with Crippen molar-refractivity contribution in [3.05, 3.63) is 54.1 Å². The molecule has 6 nitrogen and oxygen atoms in total. The summed E-state index contributed by atoms with van der Waals surface area (Å²) in [5.74, 6) is 2.70. The van der Waals surface area contributed by atoms with E-state index in [0.717, 1.165) is 49.1 Å². The van der Waals surface area contributed by atoms with Crippen LogP contribution in [0.25, 0.3) is 0 Å². The van der Waals surface area contributed by atoms with E-state index >= 15 is 0 Å². The molecule has 0 aromatic heterocycles. The fraction of sp³-hybridized carbons (Fsp3) is 0.409. The molecule has 4 rings (SSSR count). The molecule has 0 aliphatic carbocycles. The number of fused-ring (bicyclic) bond motifs is 1. The highest BCUT2D eigenvalue weighted by Crippen LogP contribution is 2.34. The van der Waals surface area contributed by atoms with Crippen molar-refractivity contribution in [2.24, 2.45) is 10.9 Å². The van der Waals surface area contributed by atoms with E-state index in [1.165, 1.54) is 5.56 Å². The van der Waals surface area contributed by atoms with Crippen LogP contribution in [0.5, 0.6) is 11.5 Å². The van der Waals surface area contributed by atoms with Gasteiger partial charge in [0.05, 0.1) is 19.3 Å². The number of halogens is 1. The lowest BCUT2D eigenvalue weighted by Crippen LogP contribution is -2.35. The van der Waals surface area contributed by atoms with Crippen LogP contribution in [0.15, 0.2) is 53.5 Å². The van der Waals surface area contributed by atoms with Crippen LogP contribution < -0.4 is 20.1 Å². The van der Waals surface area contributed by atoms with E-state index in [-0.39, 0.29) is 30.1 Å². The molecule has 0 saturated carbocycles. The van der Waals surface area contributed by atoms with Gasteiger partial charge in [0.2, 0.25) is 0 Å². The van der Waals surface area contributed by atoms with Crippen molar-refractivity contribution < 1.29 is 14.2 Å². The fourth-order valence-electron chi connectivity index (χ4n) is 3.64. The Morgan fingerprint density at radius 3 is 2.62 bits per heavy atom. The SMILES string of the molecule is CN=C(NCC1CCOC1c1ccccc1)Nc1ccc2c(c1)OCCCO2.I. The lowest BCUT2D eigenvalue weighted by molar-refractivity contribution is 0.0915. The number of ether oxygens (including phenoxy) is 3. The topological polar surface area (TPSA) is 64.1 Å².